The van der Waals surface area contributed by atoms with Gasteiger partial charge in [-0.25, -0.2) is 4.79 Å². The summed E-state index contributed by atoms with van der Waals surface area (Å²) in [6, 6.07) is 11.9. The fourth-order valence-corrected chi connectivity index (χ4v) is 4.17. The molecule has 0 aliphatic rings. The predicted molar refractivity (Wildman–Crippen MR) is 122 cm³/mol. The second-order valence-electron chi connectivity index (χ2n) is 7.72. The molecule has 0 heterocycles. The standard InChI is InChI=1S/C23H20ClF3O7S/c1-13-10-15-11-16(24)6-9-18(15)20(34-35(30,31)23(25,26)27)19(13)22(2,21(28)29)33-12-14-4-7-17(32-3)8-5-14/h4-11H,12H2,1-3H3,(H,28,29). The zero-order chi connectivity index (χ0) is 26.2. The van der Waals surface area contributed by atoms with Crippen LogP contribution in [0.2, 0.25) is 5.02 Å². The molecule has 3 rings (SSSR count). The van der Waals surface area contributed by atoms with Crippen molar-refractivity contribution in [3.8, 4) is 11.5 Å². The topological polar surface area (TPSA) is 99.1 Å². The first-order valence-corrected chi connectivity index (χ1v) is 11.7. The van der Waals surface area contributed by atoms with Crippen LogP contribution < -0.4 is 8.92 Å². The maximum absolute atomic E-state index is 13.2. The van der Waals surface area contributed by atoms with E-state index < -0.39 is 32.9 Å². The molecule has 0 aromatic heterocycles. The van der Waals surface area contributed by atoms with Gasteiger partial charge in [0.05, 0.1) is 13.7 Å². The van der Waals surface area contributed by atoms with Crippen LogP contribution in [-0.2, 0) is 31.9 Å². The van der Waals surface area contributed by atoms with E-state index in [0.717, 1.165) is 6.92 Å². The molecule has 35 heavy (non-hydrogen) atoms. The van der Waals surface area contributed by atoms with Gasteiger partial charge in [0.25, 0.3) is 0 Å². The van der Waals surface area contributed by atoms with E-state index in [1.54, 1.807) is 24.3 Å². The number of carbonyl (C=O) groups is 1. The molecule has 3 aromatic rings. The van der Waals surface area contributed by atoms with Gasteiger partial charge >= 0.3 is 21.6 Å². The number of halogens is 4. The van der Waals surface area contributed by atoms with E-state index in [0.29, 0.717) is 11.3 Å². The normalized spacial score (nSPS) is 13.9. The van der Waals surface area contributed by atoms with Gasteiger partial charge < -0.3 is 18.8 Å². The third-order valence-corrected chi connectivity index (χ3v) is 6.49. The smallest absolute Gasteiger partial charge is 0.497 e. The first kappa shape index (κ1) is 26.6. The van der Waals surface area contributed by atoms with Gasteiger partial charge in [-0.15, -0.1) is 0 Å². The number of alkyl halides is 3. The lowest BCUT2D eigenvalue weighted by Gasteiger charge is -2.30. The van der Waals surface area contributed by atoms with E-state index in [2.05, 4.69) is 4.18 Å². The summed E-state index contributed by atoms with van der Waals surface area (Å²) in [7, 11) is -4.68. The minimum Gasteiger partial charge on any atom is -0.497 e. The van der Waals surface area contributed by atoms with E-state index >= 15 is 0 Å². The Hall–Kier alpha value is -3.02. The third kappa shape index (κ3) is 5.31. The van der Waals surface area contributed by atoms with Crippen LogP contribution in [0.15, 0.2) is 48.5 Å². The number of carboxylic acids is 1. The van der Waals surface area contributed by atoms with Crippen LogP contribution in [0.25, 0.3) is 10.8 Å². The molecule has 3 aromatic carbocycles. The highest BCUT2D eigenvalue weighted by atomic mass is 35.5. The molecule has 0 radical (unpaired) electrons. The van der Waals surface area contributed by atoms with Gasteiger partial charge in [0.1, 0.15) is 5.75 Å². The number of aliphatic carboxylic acids is 1. The molecule has 1 atom stereocenters. The van der Waals surface area contributed by atoms with Gasteiger partial charge in [-0.05, 0) is 60.7 Å². The van der Waals surface area contributed by atoms with Crippen molar-refractivity contribution in [3.05, 3.63) is 70.2 Å². The van der Waals surface area contributed by atoms with Crippen molar-refractivity contribution in [1.29, 1.82) is 0 Å². The van der Waals surface area contributed by atoms with Gasteiger partial charge in [0.2, 0.25) is 0 Å². The predicted octanol–water partition coefficient (Wildman–Crippen LogP) is 5.56. The summed E-state index contributed by atoms with van der Waals surface area (Å²) in [4.78, 5) is 12.4. The van der Waals surface area contributed by atoms with Gasteiger partial charge in [-0.3, -0.25) is 0 Å². The van der Waals surface area contributed by atoms with Crippen LogP contribution in [0.5, 0.6) is 11.5 Å². The summed E-state index contributed by atoms with van der Waals surface area (Å²) in [5, 5.41) is 10.5. The molecule has 0 saturated carbocycles. The average molecular weight is 533 g/mol. The highest BCUT2D eigenvalue weighted by Crippen LogP contribution is 2.44. The molecule has 0 amide bonds. The van der Waals surface area contributed by atoms with Crippen molar-refractivity contribution in [2.75, 3.05) is 7.11 Å². The first-order chi connectivity index (χ1) is 16.2. The van der Waals surface area contributed by atoms with Crippen molar-refractivity contribution < 1.29 is 45.1 Å². The summed E-state index contributed by atoms with van der Waals surface area (Å²) >= 11 is 5.98. The minimum absolute atomic E-state index is 0.0941. The molecule has 0 spiro atoms. The molecule has 0 aliphatic heterocycles. The Labute approximate surface area is 204 Å². The Bertz CT molecular complexity index is 1370. The summed E-state index contributed by atoms with van der Waals surface area (Å²) in [6.07, 6.45) is 0. The number of rotatable bonds is 8. The highest BCUT2D eigenvalue weighted by molar-refractivity contribution is 7.88. The monoisotopic (exact) mass is 532 g/mol. The van der Waals surface area contributed by atoms with E-state index in [9.17, 15) is 31.5 Å². The maximum atomic E-state index is 13.2. The van der Waals surface area contributed by atoms with Crippen molar-refractivity contribution >= 4 is 38.5 Å². The molecule has 0 aliphatic carbocycles. The summed E-state index contributed by atoms with van der Waals surface area (Å²) in [6.45, 7) is 2.24. The molecule has 0 saturated heterocycles. The molecule has 0 bridgehead atoms. The minimum atomic E-state index is -6.15. The number of carboxylic acid groups (broad SMARTS) is 1. The molecule has 1 unspecified atom stereocenters. The van der Waals surface area contributed by atoms with Crippen molar-refractivity contribution in [1.82, 2.24) is 0 Å². The lowest BCUT2D eigenvalue weighted by molar-refractivity contribution is -0.167. The fourth-order valence-electron chi connectivity index (χ4n) is 3.51. The molecule has 0 fully saturated rings. The Morgan fingerprint density at radius 2 is 1.71 bits per heavy atom. The van der Waals surface area contributed by atoms with Gasteiger partial charge in [0.15, 0.2) is 11.4 Å². The van der Waals surface area contributed by atoms with Gasteiger partial charge in [0, 0.05) is 16.0 Å². The summed E-state index contributed by atoms with van der Waals surface area (Å²) in [5.41, 5.74) is -7.79. The highest BCUT2D eigenvalue weighted by Gasteiger charge is 2.50. The van der Waals surface area contributed by atoms with Crippen LogP contribution in [0.3, 0.4) is 0 Å². The van der Waals surface area contributed by atoms with Gasteiger partial charge in [-0.1, -0.05) is 29.8 Å². The number of methoxy groups -OCH3 is 1. The van der Waals surface area contributed by atoms with Crippen LogP contribution in [0.1, 0.15) is 23.6 Å². The summed E-state index contributed by atoms with van der Waals surface area (Å²) < 4.78 is 78.9. The lowest BCUT2D eigenvalue weighted by atomic mass is 9.88. The van der Waals surface area contributed by atoms with Crippen LogP contribution in [-0.4, -0.2) is 32.1 Å². The molecule has 188 valence electrons. The molecular formula is C23H20ClF3O7S. The lowest BCUT2D eigenvalue weighted by Crippen LogP contribution is -2.37. The van der Waals surface area contributed by atoms with Crippen molar-refractivity contribution in [3.63, 3.8) is 0 Å². The molecular weight excluding hydrogens is 513 g/mol. The van der Waals surface area contributed by atoms with Gasteiger partial charge in [-0.2, -0.15) is 21.6 Å². The van der Waals surface area contributed by atoms with E-state index in [1.165, 1.54) is 38.3 Å². The quantitative estimate of drug-likeness (QED) is 0.300. The largest absolute Gasteiger partial charge is 0.534 e. The Morgan fingerprint density at radius 1 is 1.09 bits per heavy atom. The van der Waals surface area contributed by atoms with Crippen LogP contribution >= 0.6 is 11.6 Å². The number of aryl methyl sites for hydroxylation is 1. The molecule has 7 nitrogen and oxygen atoms in total. The van der Waals surface area contributed by atoms with E-state index in [4.69, 9.17) is 21.1 Å². The molecule has 1 N–H and O–H groups in total. The number of hydrogen-bond donors (Lipinski definition) is 1. The average Bonchev–Trinajstić information content (AvgIpc) is 2.76. The Kier molecular flexibility index (Phi) is 7.26. The number of benzene rings is 3. The third-order valence-electron chi connectivity index (χ3n) is 5.30. The second kappa shape index (κ2) is 9.56. The molecule has 12 heteroatoms. The van der Waals surface area contributed by atoms with Crippen molar-refractivity contribution in [2.45, 2.75) is 31.6 Å². The summed E-state index contributed by atoms with van der Waals surface area (Å²) in [5.74, 6) is -1.84. The van der Waals surface area contributed by atoms with Crippen LogP contribution in [0.4, 0.5) is 13.2 Å². The van der Waals surface area contributed by atoms with Crippen LogP contribution in [0, 0.1) is 6.92 Å². The first-order valence-electron chi connectivity index (χ1n) is 9.94. The van der Waals surface area contributed by atoms with E-state index in [1.807, 2.05) is 0 Å². The Balaban J connectivity index is 2.22. The van der Waals surface area contributed by atoms with E-state index in [-0.39, 0.29) is 33.5 Å². The number of ether oxygens (including phenoxy) is 2. The zero-order valence-electron chi connectivity index (χ0n) is 18.6. The SMILES string of the molecule is COc1ccc(COC(C)(C(=O)O)c2c(C)cc3cc(Cl)ccc3c2OS(=O)(=O)C(F)(F)F)cc1. The van der Waals surface area contributed by atoms with Crippen molar-refractivity contribution in [2.24, 2.45) is 0 Å². The maximum Gasteiger partial charge on any atom is 0.534 e. The zero-order valence-corrected chi connectivity index (χ0v) is 20.2. The Morgan fingerprint density at radius 3 is 2.26 bits per heavy atom. The number of fused-ring (bicyclic) bond motifs is 1. The second-order valence-corrected chi connectivity index (χ2v) is 9.70. The number of hydrogen-bond acceptors (Lipinski definition) is 6. The fraction of sp³-hybridized carbons (Fsp3) is 0.261.